The first kappa shape index (κ1) is 16.2. The third-order valence-corrected chi connectivity index (χ3v) is 4.49. The monoisotopic (exact) mass is 282 g/mol. The van der Waals surface area contributed by atoms with E-state index in [4.69, 9.17) is 5.73 Å². The molecule has 3 N–H and O–H groups in total. The van der Waals surface area contributed by atoms with Crippen LogP contribution in [-0.2, 0) is 11.3 Å². The molecule has 1 unspecified atom stereocenters. The molecule has 0 aliphatic heterocycles. The Morgan fingerprint density at radius 2 is 2.21 bits per heavy atom. The van der Waals surface area contributed by atoms with Crippen LogP contribution in [0, 0.1) is 12.8 Å². The highest BCUT2D eigenvalue weighted by Crippen LogP contribution is 2.17. The van der Waals surface area contributed by atoms with Crippen molar-refractivity contribution in [1.82, 2.24) is 5.32 Å². The summed E-state index contributed by atoms with van der Waals surface area (Å²) in [6, 6.07) is 2.09. The largest absolute Gasteiger partial charge is 0.351 e. The molecule has 1 aromatic heterocycles. The highest BCUT2D eigenvalue weighted by Gasteiger charge is 2.10. The Hall–Kier alpha value is -0.870. The number of aryl methyl sites for hydroxylation is 1. The second kappa shape index (κ2) is 9.10. The van der Waals surface area contributed by atoms with E-state index in [1.54, 1.807) is 11.3 Å². The van der Waals surface area contributed by atoms with Gasteiger partial charge in [-0.3, -0.25) is 4.79 Å². The van der Waals surface area contributed by atoms with Gasteiger partial charge in [-0.1, -0.05) is 19.8 Å². The molecule has 19 heavy (non-hydrogen) atoms. The molecule has 3 nitrogen and oxygen atoms in total. The van der Waals surface area contributed by atoms with Crippen molar-refractivity contribution in [3.8, 4) is 0 Å². The fourth-order valence-electron chi connectivity index (χ4n) is 2.26. The number of hydrogen-bond donors (Lipinski definition) is 2. The van der Waals surface area contributed by atoms with Gasteiger partial charge in [-0.25, -0.2) is 0 Å². The zero-order valence-electron chi connectivity index (χ0n) is 12.1. The van der Waals surface area contributed by atoms with Crippen molar-refractivity contribution in [2.45, 2.75) is 52.5 Å². The molecule has 0 radical (unpaired) electrons. The third kappa shape index (κ3) is 6.21. The van der Waals surface area contributed by atoms with Crippen LogP contribution in [0.4, 0.5) is 0 Å². The topological polar surface area (TPSA) is 55.1 Å². The van der Waals surface area contributed by atoms with E-state index in [0.717, 1.165) is 19.4 Å². The quantitative estimate of drug-likeness (QED) is 0.730. The van der Waals surface area contributed by atoms with Crippen LogP contribution in [0.3, 0.4) is 0 Å². The Balaban J connectivity index is 2.25. The van der Waals surface area contributed by atoms with Crippen LogP contribution >= 0.6 is 11.3 Å². The molecule has 1 aromatic rings. The van der Waals surface area contributed by atoms with E-state index in [1.807, 2.05) is 0 Å². The predicted octanol–water partition coefficient (Wildman–Crippen LogP) is 3.22. The summed E-state index contributed by atoms with van der Waals surface area (Å²) in [6.07, 6.45) is 4.95. The minimum Gasteiger partial charge on any atom is -0.351 e. The van der Waals surface area contributed by atoms with Crippen molar-refractivity contribution in [3.05, 3.63) is 21.9 Å². The lowest BCUT2D eigenvalue weighted by atomic mass is 9.94. The smallest absolute Gasteiger partial charge is 0.220 e. The average Bonchev–Trinajstić information content (AvgIpc) is 2.79. The van der Waals surface area contributed by atoms with E-state index >= 15 is 0 Å². The first-order valence-electron chi connectivity index (χ1n) is 7.17. The first-order valence-corrected chi connectivity index (χ1v) is 8.05. The number of carbonyl (C=O) groups excluding carboxylic acids is 1. The van der Waals surface area contributed by atoms with E-state index in [0.29, 0.717) is 18.9 Å². The van der Waals surface area contributed by atoms with Crippen molar-refractivity contribution in [3.63, 3.8) is 0 Å². The van der Waals surface area contributed by atoms with E-state index in [-0.39, 0.29) is 5.91 Å². The highest BCUT2D eigenvalue weighted by atomic mass is 32.1. The summed E-state index contributed by atoms with van der Waals surface area (Å²) in [5.41, 5.74) is 6.87. The van der Waals surface area contributed by atoms with Crippen molar-refractivity contribution in [2.75, 3.05) is 6.54 Å². The molecule has 108 valence electrons. The lowest BCUT2D eigenvalue weighted by Gasteiger charge is -2.14. The van der Waals surface area contributed by atoms with Gasteiger partial charge in [0.15, 0.2) is 0 Å². The average molecular weight is 282 g/mol. The SMILES string of the molecule is CCCC(CCN)CCC(=O)NCc1sccc1C. The van der Waals surface area contributed by atoms with Crippen LogP contribution in [0.25, 0.3) is 0 Å². The van der Waals surface area contributed by atoms with Gasteiger partial charge in [0.05, 0.1) is 6.54 Å². The number of hydrogen-bond acceptors (Lipinski definition) is 3. The summed E-state index contributed by atoms with van der Waals surface area (Å²) in [7, 11) is 0. The summed E-state index contributed by atoms with van der Waals surface area (Å²) < 4.78 is 0. The Labute approximate surface area is 120 Å². The van der Waals surface area contributed by atoms with E-state index in [1.165, 1.54) is 23.3 Å². The van der Waals surface area contributed by atoms with Gasteiger partial charge in [-0.2, -0.15) is 0 Å². The van der Waals surface area contributed by atoms with Gasteiger partial charge in [0, 0.05) is 11.3 Å². The van der Waals surface area contributed by atoms with Crippen LogP contribution in [0.1, 0.15) is 49.5 Å². The van der Waals surface area contributed by atoms with Crippen molar-refractivity contribution in [1.29, 1.82) is 0 Å². The fourth-order valence-corrected chi connectivity index (χ4v) is 3.11. The van der Waals surface area contributed by atoms with Crippen LogP contribution < -0.4 is 11.1 Å². The van der Waals surface area contributed by atoms with Crippen molar-refractivity contribution in [2.24, 2.45) is 11.7 Å². The Morgan fingerprint density at radius 3 is 2.79 bits per heavy atom. The molecule has 0 fully saturated rings. The minimum absolute atomic E-state index is 0.158. The fraction of sp³-hybridized carbons (Fsp3) is 0.667. The van der Waals surface area contributed by atoms with Crippen molar-refractivity contribution < 1.29 is 4.79 Å². The van der Waals surface area contributed by atoms with Crippen LogP contribution in [-0.4, -0.2) is 12.5 Å². The highest BCUT2D eigenvalue weighted by molar-refractivity contribution is 7.10. The van der Waals surface area contributed by atoms with Gasteiger partial charge in [0.1, 0.15) is 0 Å². The van der Waals surface area contributed by atoms with Gasteiger partial charge in [-0.05, 0) is 49.2 Å². The molecule has 0 aliphatic carbocycles. The maximum atomic E-state index is 11.8. The molecule has 0 saturated heterocycles. The summed E-state index contributed by atoms with van der Waals surface area (Å²) in [5.74, 6) is 0.759. The molecule has 1 heterocycles. The molecule has 1 rings (SSSR count). The maximum absolute atomic E-state index is 11.8. The number of amides is 1. The summed E-state index contributed by atoms with van der Waals surface area (Å²) in [4.78, 5) is 13.1. The Morgan fingerprint density at radius 1 is 1.42 bits per heavy atom. The number of carbonyl (C=O) groups is 1. The standard InChI is InChI=1S/C15H26N2OS/c1-3-4-13(7-9-16)5-6-15(18)17-11-14-12(2)8-10-19-14/h8,10,13H,3-7,9,11,16H2,1-2H3,(H,17,18). The van der Waals surface area contributed by atoms with Crippen LogP contribution in [0.5, 0.6) is 0 Å². The van der Waals surface area contributed by atoms with Crippen molar-refractivity contribution >= 4 is 17.2 Å². The van der Waals surface area contributed by atoms with Gasteiger partial charge in [-0.15, -0.1) is 11.3 Å². The molecule has 0 aliphatic rings. The molecule has 0 saturated carbocycles. The lowest BCUT2D eigenvalue weighted by Crippen LogP contribution is -2.23. The number of thiophene rings is 1. The lowest BCUT2D eigenvalue weighted by molar-refractivity contribution is -0.121. The summed E-state index contributed by atoms with van der Waals surface area (Å²) >= 11 is 1.70. The van der Waals surface area contributed by atoms with E-state index in [9.17, 15) is 4.79 Å². The number of nitrogens with two attached hydrogens (primary N) is 1. The molecule has 0 aromatic carbocycles. The van der Waals surface area contributed by atoms with Gasteiger partial charge in [0.25, 0.3) is 0 Å². The Bertz CT molecular complexity index is 370. The molecule has 0 bridgehead atoms. The van der Waals surface area contributed by atoms with E-state index < -0.39 is 0 Å². The minimum atomic E-state index is 0.158. The molecular weight excluding hydrogens is 256 g/mol. The van der Waals surface area contributed by atoms with E-state index in [2.05, 4.69) is 30.6 Å². The second-order valence-corrected chi connectivity index (χ2v) is 6.07. The van der Waals surface area contributed by atoms with Crippen LogP contribution in [0.2, 0.25) is 0 Å². The zero-order valence-corrected chi connectivity index (χ0v) is 12.9. The summed E-state index contributed by atoms with van der Waals surface area (Å²) in [6.45, 7) is 5.65. The second-order valence-electron chi connectivity index (χ2n) is 5.07. The number of nitrogens with one attached hydrogen (secondary N) is 1. The number of rotatable bonds is 9. The third-order valence-electron chi connectivity index (χ3n) is 3.47. The predicted molar refractivity (Wildman–Crippen MR) is 82.2 cm³/mol. The normalized spacial score (nSPS) is 12.4. The van der Waals surface area contributed by atoms with Gasteiger partial charge < -0.3 is 11.1 Å². The summed E-state index contributed by atoms with van der Waals surface area (Å²) in [5, 5.41) is 5.07. The Kier molecular flexibility index (Phi) is 7.75. The first-order chi connectivity index (χ1) is 9.17. The molecular formula is C15H26N2OS. The molecule has 0 spiro atoms. The van der Waals surface area contributed by atoms with Gasteiger partial charge in [0.2, 0.25) is 5.91 Å². The molecule has 1 atom stereocenters. The van der Waals surface area contributed by atoms with Gasteiger partial charge >= 0.3 is 0 Å². The zero-order chi connectivity index (χ0) is 14.1. The maximum Gasteiger partial charge on any atom is 0.220 e. The van der Waals surface area contributed by atoms with Crippen LogP contribution in [0.15, 0.2) is 11.4 Å². The molecule has 4 heteroatoms. The molecule has 1 amide bonds.